The second kappa shape index (κ2) is 4.23. The Morgan fingerprint density at radius 3 is 2.88 bits per heavy atom. The van der Waals surface area contributed by atoms with Gasteiger partial charge in [-0.2, -0.15) is 0 Å². The van der Waals surface area contributed by atoms with Crippen molar-refractivity contribution in [1.29, 1.82) is 0 Å². The Morgan fingerprint density at radius 1 is 1.19 bits per heavy atom. The summed E-state index contributed by atoms with van der Waals surface area (Å²) in [6.45, 7) is 1.75. The molecular weight excluding hydrogens is 218 g/mol. The predicted molar refractivity (Wildman–Crippen MR) is 66.2 cm³/mol. The van der Waals surface area contributed by atoms with Gasteiger partial charge in [-0.3, -0.25) is 0 Å². The molecule has 0 amide bonds. The Labute approximate surface area is 98.5 Å². The van der Waals surface area contributed by atoms with Gasteiger partial charge in [-0.05, 0) is 12.1 Å². The minimum atomic E-state index is 0.837. The molecule has 3 rings (SSSR count). The van der Waals surface area contributed by atoms with Crippen LogP contribution in [0.5, 0.6) is 0 Å². The summed E-state index contributed by atoms with van der Waals surface area (Å²) in [6, 6.07) is 10.1. The van der Waals surface area contributed by atoms with Crippen LogP contribution >= 0.6 is 11.3 Å². The van der Waals surface area contributed by atoms with E-state index in [4.69, 9.17) is 0 Å². The van der Waals surface area contributed by atoms with Crippen LogP contribution in [-0.2, 0) is 13.0 Å². The third kappa shape index (κ3) is 1.94. The maximum atomic E-state index is 4.59. The van der Waals surface area contributed by atoms with E-state index < -0.39 is 0 Å². The molecule has 1 aliphatic rings. The highest BCUT2D eigenvalue weighted by Crippen LogP contribution is 2.27. The van der Waals surface area contributed by atoms with Crippen molar-refractivity contribution in [3.8, 4) is 0 Å². The lowest BCUT2D eigenvalue weighted by Crippen LogP contribution is -2.15. The quantitative estimate of drug-likeness (QED) is 0.861. The molecule has 1 N–H and O–H groups in total. The molecule has 4 heteroatoms. The molecule has 1 aromatic carbocycles. The van der Waals surface area contributed by atoms with Crippen molar-refractivity contribution >= 4 is 22.2 Å². The minimum absolute atomic E-state index is 0.837. The number of hydrogen-bond donors (Lipinski definition) is 1. The van der Waals surface area contributed by atoms with Gasteiger partial charge in [0.1, 0.15) is 0 Å². The van der Waals surface area contributed by atoms with Crippen LogP contribution in [0.3, 0.4) is 0 Å². The van der Waals surface area contributed by atoms with E-state index in [1.54, 1.807) is 11.3 Å². The summed E-state index contributed by atoms with van der Waals surface area (Å²) in [6.07, 6.45) is 0.988. The Kier molecular flexibility index (Phi) is 2.60. The summed E-state index contributed by atoms with van der Waals surface area (Å²) >= 11 is 1.71. The average Bonchev–Trinajstić information content (AvgIpc) is 2.72. The second-order valence-corrected chi connectivity index (χ2v) is 4.82. The van der Waals surface area contributed by atoms with E-state index >= 15 is 0 Å². The fourth-order valence-electron chi connectivity index (χ4n) is 1.77. The van der Waals surface area contributed by atoms with Crippen molar-refractivity contribution in [2.45, 2.75) is 13.0 Å². The number of anilines is 2. The largest absolute Gasteiger partial charge is 0.332 e. The monoisotopic (exact) mass is 230 g/mol. The molecule has 16 heavy (non-hydrogen) atoms. The molecule has 1 radical (unpaired) electrons. The van der Waals surface area contributed by atoms with Crippen LogP contribution in [0, 0.1) is 0 Å². The van der Waals surface area contributed by atoms with Crippen LogP contribution in [0.4, 0.5) is 10.8 Å². The number of nitrogens with one attached hydrogen (secondary N) is 1. The number of nitrogens with zero attached hydrogens (tertiary/aromatic N) is 2. The van der Waals surface area contributed by atoms with Crippen molar-refractivity contribution in [1.82, 2.24) is 10.3 Å². The molecule has 2 aromatic rings. The zero-order valence-corrected chi connectivity index (χ0v) is 9.63. The Bertz CT molecular complexity index is 455. The van der Waals surface area contributed by atoms with Gasteiger partial charge < -0.3 is 5.32 Å². The van der Waals surface area contributed by atoms with Crippen LogP contribution < -0.4 is 10.6 Å². The van der Waals surface area contributed by atoms with Gasteiger partial charge in [-0.1, -0.05) is 18.2 Å². The summed E-state index contributed by atoms with van der Waals surface area (Å²) in [7, 11) is 0. The molecular formula is C12H12N3S. The fourth-order valence-corrected chi connectivity index (χ4v) is 2.75. The Hall–Kier alpha value is -1.39. The van der Waals surface area contributed by atoms with Gasteiger partial charge in [-0.25, -0.2) is 10.3 Å². The smallest absolute Gasteiger partial charge is 0.187 e. The van der Waals surface area contributed by atoms with Crippen LogP contribution in [-0.4, -0.2) is 11.5 Å². The molecule has 0 fully saturated rings. The number of aromatic nitrogens is 1. The summed E-state index contributed by atoms with van der Waals surface area (Å²) in [5.74, 6) is 0. The second-order valence-electron chi connectivity index (χ2n) is 3.74. The van der Waals surface area contributed by atoms with Gasteiger partial charge in [0.25, 0.3) is 0 Å². The van der Waals surface area contributed by atoms with Gasteiger partial charge in [-0.15, -0.1) is 11.3 Å². The molecule has 0 spiro atoms. The molecule has 0 unspecified atom stereocenters. The maximum Gasteiger partial charge on any atom is 0.187 e. The molecule has 0 saturated heterocycles. The first-order chi connectivity index (χ1) is 7.92. The molecule has 0 bridgehead atoms. The van der Waals surface area contributed by atoms with Crippen molar-refractivity contribution in [3.05, 3.63) is 40.9 Å². The first kappa shape index (κ1) is 9.81. The van der Waals surface area contributed by atoms with Crippen molar-refractivity contribution < 1.29 is 0 Å². The zero-order valence-electron chi connectivity index (χ0n) is 8.81. The van der Waals surface area contributed by atoms with Crippen LogP contribution in [0.1, 0.15) is 10.6 Å². The number of fused-ring (bicyclic) bond motifs is 1. The molecule has 0 aliphatic carbocycles. The highest BCUT2D eigenvalue weighted by atomic mass is 32.1. The van der Waals surface area contributed by atoms with Crippen LogP contribution in [0.15, 0.2) is 30.3 Å². The number of benzene rings is 1. The summed E-state index contributed by atoms with van der Waals surface area (Å²) in [4.78, 5) is 5.90. The van der Waals surface area contributed by atoms with E-state index in [2.05, 4.69) is 15.6 Å². The molecule has 81 valence electrons. The van der Waals surface area contributed by atoms with Crippen LogP contribution in [0.2, 0.25) is 0 Å². The van der Waals surface area contributed by atoms with Gasteiger partial charge in [0.2, 0.25) is 0 Å². The number of rotatable bonds is 2. The molecule has 3 nitrogen and oxygen atoms in total. The van der Waals surface area contributed by atoms with E-state index in [-0.39, 0.29) is 0 Å². The van der Waals surface area contributed by atoms with Gasteiger partial charge >= 0.3 is 0 Å². The van der Waals surface area contributed by atoms with E-state index in [9.17, 15) is 0 Å². The Balaban J connectivity index is 1.83. The van der Waals surface area contributed by atoms with E-state index in [1.165, 1.54) is 10.6 Å². The highest BCUT2D eigenvalue weighted by molar-refractivity contribution is 7.15. The minimum Gasteiger partial charge on any atom is -0.332 e. The zero-order chi connectivity index (χ0) is 10.8. The standard InChI is InChI=1S/C12H12N3S/c1-2-4-9(5-3-1)14-12-15-10-6-7-13-8-11(10)16-12/h1-5H,6-8H2,(H,14,15). The predicted octanol–water partition coefficient (Wildman–Crippen LogP) is 2.55. The lowest BCUT2D eigenvalue weighted by molar-refractivity contribution is 0.630. The van der Waals surface area contributed by atoms with E-state index in [0.29, 0.717) is 0 Å². The van der Waals surface area contributed by atoms with Gasteiger partial charge in [0, 0.05) is 30.1 Å². The Morgan fingerprint density at radius 2 is 2.06 bits per heavy atom. The number of para-hydroxylation sites is 1. The first-order valence-electron chi connectivity index (χ1n) is 5.36. The third-order valence-corrected chi connectivity index (χ3v) is 3.56. The molecule has 1 aromatic heterocycles. The fraction of sp³-hybridized carbons (Fsp3) is 0.250. The highest BCUT2D eigenvalue weighted by Gasteiger charge is 2.15. The third-order valence-electron chi connectivity index (χ3n) is 2.57. The molecule has 2 heterocycles. The molecule has 1 aliphatic heterocycles. The average molecular weight is 230 g/mol. The van der Waals surface area contributed by atoms with E-state index in [0.717, 1.165) is 30.3 Å². The van der Waals surface area contributed by atoms with Crippen molar-refractivity contribution in [2.75, 3.05) is 11.9 Å². The SMILES string of the molecule is c1ccc(Nc2nc3c(s2)C[N]CC3)cc1. The van der Waals surface area contributed by atoms with Crippen molar-refractivity contribution in [2.24, 2.45) is 0 Å². The normalized spacial score (nSPS) is 14.5. The first-order valence-corrected chi connectivity index (χ1v) is 6.17. The lowest BCUT2D eigenvalue weighted by Gasteiger charge is -2.07. The lowest BCUT2D eigenvalue weighted by atomic mass is 10.2. The number of thiazole rings is 1. The van der Waals surface area contributed by atoms with Crippen LogP contribution in [0.25, 0.3) is 0 Å². The van der Waals surface area contributed by atoms with Gasteiger partial charge in [0.05, 0.1) is 5.69 Å². The maximum absolute atomic E-state index is 4.59. The molecule has 0 atom stereocenters. The molecule has 0 saturated carbocycles. The van der Waals surface area contributed by atoms with Crippen molar-refractivity contribution in [3.63, 3.8) is 0 Å². The van der Waals surface area contributed by atoms with Gasteiger partial charge in [0.15, 0.2) is 5.13 Å². The number of hydrogen-bond acceptors (Lipinski definition) is 3. The summed E-state index contributed by atoms with van der Waals surface area (Å²) in [5.41, 5.74) is 2.31. The van der Waals surface area contributed by atoms with E-state index in [1.807, 2.05) is 30.3 Å². The summed E-state index contributed by atoms with van der Waals surface area (Å²) in [5, 5.41) is 8.69. The summed E-state index contributed by atoms with van der Waals surface area (Å²) < 4.78 is 0. The topological polar surface area (TPSA) is 39.0 Å².